The van der Waals surface area contributed by atoms with Gasteiger partial charge in [0.15, 0.2) is 0 Å². The molecule has 3 heteroatoms. The number of hydrogen-bond donors (Lipinski definition) is 2. The van der Waals surface area contributed by atoms with Crippen LogP contribution in [0, 0.1) is 5.82 Å². The average molecular weight is 171 g/mol. The average Bonchev–Trinajstić information content (AvgIpc) is 2.04. The largest absolute Gasteiger partial charge is 0.304 e. The highest BCUT2D eigenvalue weighted by Gasteiger charge is 1.91. The van der Waals surface area contributed by atoms with Crippen molar-refractivity contribution >= 4 is 12.6 Å². The Labute approximate surface area is 71.0 Å². The van der Waals surface area contributed by atoms with Crippen molar-refractivity contribution in [3.8, 4) is 0 Å². The summed E-state index contributed by atoms with van der Waals surface area (Å²) in [5.41, 5.74) is 1.07. The summed E-state index contributed by atoms with van der Waals surface area (Å²) in [6.07, 6.45) is 0. The molecule has 0 aromatic heterocycles. The molecule has 0 saturated heterocycles. The van der Waals surface area contributed by atoms with E-state index in [1.807, 2.05) is 0 Å². The highest BCUT2D eigenvalue weighted by Crippen LogP contribution is 2.01. The van der Waals surface area contributed by atoms with E-state index >= 15 is 0 Å². The Kier molecular flexibility index (Phi) is 3.39. The van der Waals surface area contributed by atoms with Crippen LogP contribution in [0.25, 0.3) is 0 Å². The second-order valence-corrected chi connectivity index (χ2v) is 2.53. The van der Waals surface area contributed by atoms with E-state index in [1.165, 1.54) is 12.1 Å². The lowest BCUT2D eigenvalue weighted by atomic mass is 10.2. The van der Waals surface area contributed by atoms with Crippen molar-refractivity contribution < 1.29 is 4.39 Å². The van der Waals surface area contributed by atoms with Crippen LogP contribution >= 0.6 is 12.6 Å². The highest BCUT2D eigenvalue weighted by molar-refractivity contribution is 7.80. The number of nitrogens with one attached hydrogen (secondary N) is 1. The summed E-state index contributed by atoms with van der Waals surface area (Å²) in [5, 5.41) is 3.03. The Morgan fingerprint density at radius 3 is 2.45 bits per heavy atom. The van der Waals surface area contributed by atoms with Crippen LogP contribution in [0.2, 0.25) is 0 Å². The van der Waals surface area contributed by atoms with Crippen LogP contribution in [0.5, 0.6) is 0 Å². The summed E-state index contributed by atoms with van der Waals surface area (Å²) in [4.78, 5) is 0. The Morgan fingerprint density at radius 1 is 1.27 bits per heavy atom. The molecule has 0 radical (unpaired) electrons. The minimum Gasteiger partial charge on any atom is -0.304 e. The van der Waals surface area contributed by atoms with Gasteiger partial charge in [-0.15, -0.1) is 0 Å². The lowest BCUT2D eigenvalue weighted by Crippen LogP contribution is -2.09. The molecule has 0 heterocycles. The van der Waals surface area contributed by atoms with Gasteiger partial charge in [-0.1, -0.05) is 12.1 Å². The number of halogens is 1. The van der Waals surface area contributed by atoms with Crippen molar-refractivity contribution in [2.75, 3.05) is 5.88 Å². The molecule has 0 aliphatic rings. The topological polar surface area (TPSA) is 12.0 Å². The van der Waals surface area contributed by atoms with Crippen LogP contribution in [-0.2, 0) is 6.54 Å². The van der Waals surface area contributed by atoms with Gasteiger partial charge in [0.1, 0.15) is 5.82 Å². The molecule has 1 nitrogen and oxygen atoms in total. The van der Waals surface area contributed by atoms with Crippen LogP contribution in [0.1, 0.15) is 5.56 Å². The normalized spacial score (nSPS) is 10.0. The number of rotatable bonds is 3. The third-order valence-electron chi connectivity index (χ3n) is 1.35. The molecule has 1 aromatic carbocycles. The molecular weight excluding hydrogens is 161 g/mol. The first kappa shape index (κ1) is 8.56. The molecule has 0 fully saturated rings. The Morgan fingerprint density at radius 2 is 1.91 bits per heavy atom. The molecule has 1 aromatic rings. The van der Waals surface area contributed by atoms with E-state index in [-0.39, 0.29) is 5.82 Å². The van der Waals surface area contributed by atoms with Crippen molar-refractivity contribution in [3.63, 3.8) is 0 Å². The third kappa shape index (κ3) is 2.91. The predicted molar refractivity (Wildman–Crippen MR) is 47.1 cm³/mol. The van der Waals surface area contributed by atoms with Crippen LogP contribution in [0.3, 0.4) is 0 Å². The van der Waals surface area contributed by atoms with Crippen LogP contribution in [0.4, 0.5) is 4.39 Å². The summed E-state index contributed by atoms with van der Waals surface area (Å²) in [6.45, 7) is 0.740. The van der Waals surface area contributed by atoms with Crippen LogP contribution in [-0.4, -0.2) is 5.88 Å². The van der Waals surface area contributed by atoms with E-state index in [4.69, 9.17) is 0 Å². The van der Waals surface area contributed by atoms with E-state index in [9.17, 15) is 4.39 Å². The van der Waals surface area contributed by atoms with Gasteiger partial charge in [-0.3, -0.25) is 0 Å². The molecule has 0 amide bonds. The Balaban J connectivity index is 2.52. The van der Waals surface area contributed by atoms with E-state index in [0.29, 0.717) is 5.88 Å². The van der Waals surface area contributed by atoms with Crippen molar-refractivity contribution in [2.45, 2.75) is 6.54 Å². The molecule has 0 saturated carbocycles. The first-order valence-corrected chi connectivity index (χ1v) is 4.02. The third-order valence-corrected chi connectivity index (χ3v) is 1.58. The predicted octanol–water partition coefficient (Wildman–Crippen LogP) is 1.80. The zero-order valence-corrected chi connectivity index (χ0v) is 6.94. The maximum Gasteiger partial charge on any atom is 0.123 e. The molecule has 0 aliphatic carbocycles. The number of hydrogen-bond acceptors (Lipinski definition) is 2. The SMILES string of the molecule is Fc1ccc(CNCS)cc1. The van der Waals surface area contributed by atoms with Gasteiger partial charge in [-0.2, -0.15) is 12.6 Å². The van der Waals surface area contributed by atoms with E-state index in [1.54, 1.807) is 12.1 Å². The fraction of sp³-hybridized carbons (Fsp3) is 0.250. The first-order valence-electron chi connectivity index (χ1n) is 3.39. The second-order valence-electron chi connectivity index (χ2n) is 2.21. The monoisotopic (exact) mass is 171 g/mol. The minimum atomic E-state index is -0.195. The Bertz CT molecular complexity index is 210. The second kappa shape index (κ2) is 4.36. The van der Waals surface area contributed by atoms with Gasteiger partial charge in [-0.25, -0.2) is 4.39 Å². The fourth-order valence-electron chi connectivity index (χ4n) is 0.802. The fourth-order valence-corrected chi connectivity index (χ4v) is 0.914. The van der Waals surface area contributed by atoms with Gasteiger partial charge in [-0.05, 0) is 17.7 Å². The van der Waals surface area contributed by atoms with E-state index < -0.39 is 0 Å². The number of benzene rings is 1. The highest BCUT2D eigenvalue weighted by atomic mass is 32.1. The molecular formula is C8H10FNS. The molecule has 0 atom stereocenters. The van der Waals surface area contributed by atoms with Crippen LogP contribution < -0.4 is 5.32 Å². The molecule has 0 unspecified atom stereocenters. The molecule has 0 spiro atoms. The van der Waals surface area contributed by atoms with Crippen molar-refractivity contribution in [1.29, 1.82) is 0 Å². The molecule has 11 heavy (non-hydrogen) atoms. The summed E-state index contributed by atoms with van der Waals surface area (Å²) < 4.78 is 12.4. The van der Waals surface area contributed by atoms with Gasteiger partial charge in [0, 0.05) is 12.4 Å². The lowest BCUT2D eigenvalue weighted by Gasteiger charge is -1.99. The van der Waals surface area contributed by atoms with Gasteiger partial charge in [0.2, 0.25) is 0 Å². The maximum atomic E-state index is 12.4. The molecule has 60 valence electrons. The molecule has 0 bridgehead atoms. The van der Waals surface area contributed by atoms with Crippen molar-refractivity contribution in [2.24, 2.45) is 0 Å². The van der Waals surface area contributed by atoms with Crippen molar-refractivity contribution in [3.05, 3.63) is 35.6 Å². The smallest absolute Gasteiger partial charge is 0.123 e. The minimum absolute atomic E-state index is 0.195. The van der Waals surface area contributed by atoms with Crippen LogP contribution in [0.15, 0.2) is 24.3 Å². The van der Waals surface area contributed by atoms with E-state index in [2.05, 4.69) is 17.9 Å². The van der Waals surface area contributed by atoms with Gasteiger partial charge in [0.25, 0.3) is 0 Å². The van der Waals surface area contributed by atoms with Gasteiger partial charge < -0.3 is 5.32 Å². The van der Waals surface area contributed by atoms with E-state index in [0.717, 1.165) is 12.1 Å². The molecule has 1 rings (SSSR count). The zero-order valence-electron chi connectivity index (χ0n) is 6.05. The molecule has 1 N–H and O–H groups in total. The first-order chi connectivity index (χ1) is 5.33. The number of thiol groups is 1. The maximum absolute atomic E-state index is 12.4. The van der Waals surface area contributed by atoms with Gasteiger partial charge >= 0.3 is 0 Å². The zero-order chi connectivity index (χ0) is 8.10. The summed E-state index contributed by atoms with van der Waals surface area (Å²) in [7, 11) is 0. The Hall–Kier alpha value is -0.540. The summed E-state index contributed by atoms with van der Waals surface area (Å²) in [5.74, 6) is 0.441. The standard InChI is InChI=1S/C8H10FNS/c9-8-3-1-7(2-4-8)5-10-6-11/h1-4,10-11H,5-6H2. The quantitative estimate of drug-likeness (QED) is 0.522. The van der Waals surface area contributed by atoms with Gasteiger partial charge in [0.05, 0.1) is 0 Å². The van der Waals surface area contributed by atoms with Crippen molar-refractivity contribution in [1.82, 2.24) is 5.32 Å². The summed E-state index contributed by atoms with van der Waals surface area (Å²) >= 11 is 3.99. The summed E-state index contributed by atoms with van der Waals surface area (Å²) in [6, 6.07) is 6.42. The lowest BCUT2D eigenvalue weighted by molar-refractivity contribution is 0.626. The molecule has 0 aliphatic heterocycles.